The number of fused-ring (bicyclic) bond motifs is 1. The number of aromatic amines is 1. The quantitative estimate of drug-likeness (QED) is 0.594. The number of ether oxygens (including phenoxy) is 1. The molecular weight excluding hydrogens is 290 g/mol. The van der Waals surface area contributed by atoms with E-state index in [1.165, 1.54) is 6.33 Å². The van der Waals surface area contributed by atoms with Crippen molar-refractivity contribution in [3.8, 4) is 11.3 Å². The fourth-order valence-corrected chi connectivity index (χ4v) is 2.25. The summed E-state index contributed by atoms with van der Waals surface area (Å²) in [6, 6.07) is 9.04. The lowest BCUT2D eigenvalue weighted by molar-refractivity contribution is 0.0526. The normalized spacial score (nSPS) is 10.8. The van der Waals surface area contributed by atoms with Crippen molar-refractivity contribution in [3.63, 3.8) is 0 Å². The second-order valence-corrected chi connectivity index (χ2v) is 4.76. The van der Waals surface area contributed by atoms with Crippen molar-refractivity contribution >= 4 is 28.6 Å². The van der Waals surface area contributed by atoms with E-state index in [0.29, 0.717) is 22.8 Å². The Morgan fingerprint density at radius 2 is 2.05 bits per heavy atom. The van der Waals surface area contributed by atoms with Gasteiger partial charge in [0.25, 0.3) is 0 Å². The smallest absolute Gasteiger partial charge is 0.338 e. The summed E-state index contributed by atoms with van der Waals surface area (Å²) in [5.41, 5.74) is 3.76. The van der Waals surface area contributed by atoms with E-state index < -0.39 is 0 Å². The van der Waals surface area contributed by atoms with E-state index in [9.17, 15) is 4.79 Å². The predicted octanol–water partition coefficient (Wildman–Crippen LogP) is 3.46. The van der Waals surface area contributed by atoms with E-state index in [1.54, 1.807) is 19.1 Å². The average Bonchev–Trinajstić information content (AvgIpc) is 2.93. The van der Waals surface area contributed by atoms with E-state index in [2.05, 4.69) is 15.0 Å². The van der Waals surface area contributed by atoms with Crippen LogP contribution in [0, 0.1) is 0 Å². The number of nitrogens with zero attached hydrogens (tertiary/aromatic N) is 2. The van der Waals surface area contributed by atoms with Crippen LogP contribution in [-0.2, 0) is 4.74 Å². The number of carbonyl (C=O) groups excluding carboxylic acids is 1. The van der Waals surface area contributed by atoms with Gasteiger partial charge in [-0.15, -0.1) is 0 Å². The molecule has 0 atom stereocenters. The summed E-state index contributed by atoms with van der Waals surface area (Å²) in [7, 11) is 0. The van der Waals surface area contributed by atoms with Crippen LogP contribution in [0.4, 0.5) is 0 Å². The number of hydrogen-bond acceptors (Lipinski definition) is 4. The third-order valence-corrected chi connectivity index (χ3v) is 3.36. The second-order valence-electron chi connectivity index (χ2n) is 4.41. The molecule has 0 unspecified atom stereocenters. The number of nitrogens with one attached hydrogen (secondary N) is 1. The zero-order valence-electron chi connectivity index (χ0n) is 11.3. The summed E-state index contributed by atoms with van der Waals surface area (Å²) in [6.45, 7) is 2.14. The lowest BCUT2D eigenvalue weighted by atomic mass is 10.1. The molecule has 106 valence electrons. The van der Waals surface area contributed by atoms with Gasteiger partial charge >= 0.3 is 5.97 Å². The molecule has 1 N–H and O–H groups in total. The first-order valence-corrected chi connectivity index (χ1v) is 6.83. The molecule has 0 bridgehead atoms. The van der Waals surface area contributed by atoms with E-state index >= 15 is 0 Å². The summed E-state index contributed by atoms with van der Waals surface area (Å²) in [6.07, 6.45) is 1.42. The number of halogens is 1. The van der Waals surface area contributed by atoms with Crippen LogP contribution < -0.4 is 0 Å². The number of hydrogen-bond donors (Lipinski definition) is 1. The molecule has 0 radical (unpaired) electrons. The zero-order valence-corrected chi connectivity index (χ0v) is 12.0. The van der Waals surface area contributed by atoms with Crippen LogP contribution >= 0.6 is 11.6 Å². The highest BCUT2D eigenvalue weighted by Crippen LogP contribution is 2.26. The second kappa shape index (κ2) is 5.54. The number of rotatable bonds is 3. The standard InChI is InChI=1S/C15H12ClN3O2/c1-2-21-15(20)10-5-3-9(4-6-10)11-7-12-13(19-11)14(16)18-8-17-12/h3-8,19H,2H2,1H3. The van der Waals surface area contributed by atoms with Gasteiger partial charge in [0, 0.05) is 5.69 Å². The third kappa shape index (κ3) is 2.60. The van der Waals surface area contributed by atoms with Gasteiger partial charge in [-0.2, -0.15) is 0 Å². The van der Waals surface area contributed by atoms with Crippen molar-refractivity contribution < 1.29 is 9.53 Å². The highest BCUT2D eigenvalue weighted by molar-refractivity contribution is 6.33. The highest BCUT2D eigenvalue weighted by Gasteiger charge is 2.10. The van der Waals surface area contributed by atoms with Gasteiger partial charge in [0.15, 0.2) is 5.15 Å². The van der Waals surface area contributed by atoms with E-state index in [4.69, 9.17) is 16.3 Å². The van der Waals surface area contributed by atoms with Gasteiger partial charge in [0.2, 0.25) is 0 Å². The molecule has 2 heterocycles. The monoisotopic (exact) mass is 301 g/mol. The lowest BCUT2D eigenvalue weighted by Gasteiger charge is -2.02. The van der Waals surface area contributed by atoms with E-state index in [-0.39, 0.29) is 5.97 Å². The Bertz CT molecular complexity index is 796. The van der Waals surface area contributed by atoms with Gasteiger partial charge in [-0.25, -0.2) is 14.8 Å². The van der Waals surface area contributed by atoms with Gasteiger partial charge < -0.3 is 9.72 Å². The Morgan fingerprint density at radius 3 is 2.71 bits per heavy atom. The van der Waals surface area contributed by atoms with Crippen LogP contribution in [0.15, 0.2) is 36.7 Å². The molecule has 3 aromatic rings. The Kier molecular flexibility index (Phi) is 3.58. The minimum absolute atomic E-state index is 0.324. The van der Waals surface area contributed by atoms with Crippen LogP contribution in [0.3, 0.4) is 0 Å². The minimum Gasteiger partial charge on any atom is -0.462 e. The molecule has 5 nitrogen and oxygen atoms in total. The maximum Gasteiger partial charge on any atom is 0.338 e. The van der Waals surface area contributed by atoms with Gasteiger partial charge in [-0.1, -0.05) is 23.7 Å². The molecule has 1 aromatic carbocycles. The molecule has 0 amide bonds. The van der Waals surface area contributed by atoms with Crippen LogP contribution in [-0.4, -0.2) is 27.5 Å². The number of H-pyrrole nitrogens is 1. The van der Waals surface area contributed by atoms with Crippen molar-refractivity contribution in [1.29, 1.82) is 0 Å². The van der Waals surface area contributed by atoms with E-state index in [0.717, 1.165) is 16.8 Å². The maximum atomic E-state index is 11.6. The molecule has 0 saturated heterocycles. The number of aromatic nitrogens is 3. The molecule has 6 heteroatoms. The fourth-order valence-electron chi connectivity index (χ4n) is 2.06. The Balaban J connectivity index is 1.95. The molecule has 2 aromatic heterocycles. The first kappa shape index (κ1) is 13.6. The van der Waals surface area contributed by atoms with E-state index in [1.807, 2.05) is 18.2 Å². The summed E-state index contributed by atoms with van der Waals surface area (Å²) in [4.78, 5) is 22.9. The summed E-state index contributed by atoms with van der Waals surface area (Å²) in [5, 5.41) is 0.384. The largest absolute Gasteiger partial charge is 0.462 e. The zero-order chi connectivity index (χ0) is 14.8. The fraction of sp³-hybridized carbons (Fsp3) is 0.133. The van der Waals surface area contributed by atoms with Crippen molar-refractivity contribution in [2.75, 3.05) is 6.61 Å². The average molecular weight is 302 g/mol. The molecular formula is C15H12ClN3O2. The molecule has 0 fully saturated rings. The van der Waals surface area contributed by atoms with Crippen LogP contribution in [0.5, 0.6) is 0 Å². The molecule has 0 aliphatic rings. The summed E-state index contributed by atoms with van der Waals surface area (Å²) in [5.74, 6) is -0.324. The van der Waals surface area contributed by atoms with Gasteiger partial charge in [0.1, 0.15) is 11.8 Å². The van der Waals surface area contributed by atoms with Crippen molar-refractivity contribution in [3.05, 3.63) is 47.4 Å². The Labute approximate surface area is 125 Å². The van der Waals surface area contributed by atoms with Crippen molar-refractivity contribution in [2.24, 2.45) is 0 Å². The molecule has 0 aliphatic heterocycles. The Hall–Kier alpha value is -2.40. The molecule has 0 spiro atoms. The summed E-state index contributed by atoms with van der Waals surface area (Å²) < 4.78 is 4.95. The van der Waals surface area contributed by atoms with Gasteiger partial charge in [0.05, 0.1) is 17.7 Å². The minimum atomic E-state index is -0.324. The van der Waals surface area contributed by atoms with Crippen molar-refractivity contribution in [1.82, 2.24) is 15.0 Å². The topological polar surface area (TPSA) is 67.9 Å². The number of esters is 1. The number of benzene rings is 1. The predicted molar refractivity (Wildman–Crippen MR) is 80.3 cm³/mol. The first-order valence-electron chi connectivity index (χ1n) is 6.46. The molecule has 0 aliphatic carbocycles. The highest BCUT2D eigenvalue weighted by atomic mass is 35.5. The molecule has 21 heavy (non-hydrogen) atoms. The van der Waals surface area contributed by atoms with Gasteiger partial charge in [-0.3, -0.25) is 0 Å². The molecule has 3 rings (SSSR count). The van der Waals surface area contributed by atoms with Crippen LogP contribution in [0.2, 0.25) is 5.15 Å². The van der Waals surface area contributed by atoms with Crippen LogP contribution in [0.1, 0.15) is 17.3 Å². The van der Waals surface area contributed by atoms with Gasteiger partial charge in [-0.05, 0) is 30.7 Å². The SMILES string of the molecule is CCOC(=O)c1ccc(-c2cc3ncnc(Cl)c3[nH]2)cc1. The Morgan fingerprint density at radius 1 is 1.29 bits per heavy atom. The molecule has 0 saturated carbocycles. The van der Waals surface area contributed by atoms with Crippen molar-refractivity contribution in [2.45, 2.75) is 6.92 Å². The first-order chi connectivity index (χ1) is 10.2. The summed E-state index contributed by atoms with van der Waals surface area (Å²) >= 11 is 6.02. The number of carbonyl (C=O) groups is 1. The lowest BCUT2D eigenvalue weighted by Crippen LogP contribution is -2.03. The third-order valence-electron chi connectivity index (χ3n) is 3.08. The maximum absolute atomic E-state index is 11.6. The van der Waals surface area contributed by atoms with Crippen LogP contribution in [0.25, 0.3) is 22.3 Å².